The second kappa shape index (κ2) is 5.88. The number of nitrogens with one attached hydrogen (secondary N) is 1. The number of fused-ring (bicyclic) bond motifs is 1. The number of benzene rings is 2. The van der Waals surface area contributed by atoms with Gasteiger partial charge in [0.15, 0.2) is 10.8 Å². The lowest BCUT2D eigenvalue weighted by Crippen LogP contribution is -2.54. The average Bonchev–Trinajstić information content (AvgIpc) is 2.53. The Balaban J connectivity index is 2.32. The first kappa shape index (κ1) is 15.3. The highest BCUT2D eigenvalue weighted by molar-refractivity contribution is 7.80. The first-order valence-corrected chi connectivity index (χ1v) is 7.92. The zero-order valence-corrected chi connectivity index (χ0v) is 14.0. The molecule has 0 saturated carbocycles. The maximum atomic E-state index is 6.26. The van der Waals surface area contributed by atoms with Gasteiger partial charge in [-0.05, 0) is 37.3 Å². The van der Waals surface area contributed by atoms with Gasteiger partial charge < -0.3 is 15.0 Å². The van der Waals surface area contributed by atoms with Crippen LogP contribution in [0.15, 0.2) is 48.5 Å². The Kier molecular flexibility index (Phi) is 4.08. The third-order valence-corrected chi connectivity index (χ3v) is 4.49. The van der Waals surface area contributed by atoms with Crippen LogP contribution in [0.3, 0.4) is 0 Å². The largest absolute Gasteiger partial charge is 0.347 e. The smallest absolute Gasteiger partial charge is 0.197 e. The van der Waals surface area contributed by atoms with E-state index < -0.39 is 5.72 Å². The van der Waals surface area contributed by atoms with Crippen LogP contribution in [0, 0.1) is 0 Å². The molecular formula is C17H17ClN2OS. The predicted octanol–water partition coefficient (Wildman–Crippen LogP) is 4.22. The van der Waals surface area contributed by atoms with Gasteiger partial charge in [-0.15, -0.1) is 0 Å². The lowest BCUT2D eigenvalue weighted by Gasteiger charge is -2.47. The molecule has 0 fully saturated rings. The summed E-state index contributed by atoms with van der Waals surface area (Å²) in [5.41, 5.74) is 2.12. The Bertz CT molecular complexity index is 707. The van der Waals surface area contributed by atoms with Crippen molar-refractivity contribution in [1.82, 2.24) is 4.90 Å². The summed E-state index contributed by atoms with van der Waals surface area (Å²) in [5.74, 6) is 0. The van der Waals surface area contributed by atoms with E-state index in [1.807, 2.05) is 67.4 Å². The number of thiocarbonyl (C=S) groups is 1. The number of hydrogen-bond acceptors (Lipinski definition) is 2. The molecule has 5 heteroatoms. The van der Waals surface area contributed by atoms with Crippen LogP contribution < -0.4 is 5.32 Å². The van der Waals surface area contributed by atoms with Crippen LogP contribution in [0.2, 0.25) is 5.02 Å². The van der Waals surface area contributed by atoms with Gasteiger partial charge in [-0.1, -0.05) is 41.9 Å². The van der Waals surface area contributed by atoms with Crippen LogP contribution >= 0.6 is 23.8 Å². The minimum Gasteiger partial charge on any atom is -0.347 e. The molecule has 1 unspecified atom stereocenters. The zero-order valence-electron chi connectivity index (χ0n) is 12.5. The monoisotopic (exact) mass is 332 g/mol. The van der Waals surface area contributed by atoms with Gasteiger partial charge in [-0.3, -0.25) is 0 Å². The van der Waals surface area contributed by atoms with E-state index in [9.17, 15) is 0 Å². The molecule has 2 aromatic carbocycles. The molecule has 0 amide bonds. The van der Waals surface area contributed by atoms with Gasteiger partial charge in [0.2, 0.25) is 0 Å². The van der Waals surface area contributed by atoms with Gasteiger partial charge in [-0.25, -0.2) is 0 Å². The molecule has 0 aliphatic carbocycles. The summed E-state index contributed by atoms with van der Waals surface area (Å²) < 4.78 is 6.26. The van der Waals surface area contributed by atoms with E-state index in [4.69, 9.17) is 28.6 Å². The molecule has 0 radical (unpaired) electrons. The summed E-state index contributed by atoms with van der Waals surface area (Å²) in [6.07, 6.45) is 0. The highest BCUT2D eigenvalue weighted by Crippen LogP contribution is 2.44. The molecule has 1 atom stereocenters. The zero-order chi connectivity index (χ0) is 15.7. The third kappa shape index (κ3) is 2.28. The molecule has 0 bridgehead atoms. The molecule has 1 aliphatic heterocycles. The predicted molar refractivity (Wildman–Crippen MR) is 94.3 cm³/mol. The Labute approximate surface area is 140 Å². The summed E-state index contributed by atoms with van der Waals surface area (Å²) in [6.45, 7) is 2.53. The molecule has 1 aliphatic rings. The topological polar surface area (TPSA) is 24.5 Å². The van der Waals surface area contributed by atoms with Crippen molar-refractivity contribution in [1.29, 1.82) is 0 Å². The molecule has 2 aromatic rings. The summed E-state index contributed by atoms with van der Waals surface area (Å²) in [4.78, 5) is 1.94. The minimum absolute atomic E-state index is 0.549. The van der Waals surface area contributed by atoms with Crippen molar-refractivity contribution in [3.8, 4) is 0 Å². The Morgan fingerprint density at radius 2 is 1.95 bits per heavy atom. The van der Waals surface area contributed by atoms with E-state index in [1.54, 1.807) is 0 Å². The van der Waals surface area contributed by atoms with Crippen LogP contribution in [-0.2, 0) is 10.5 Å². The molecule has 0 saturated heterocycles. The van der Waals surface area contributed by atoms with Crippen molar-refractivity contribution in [2.45, 2.75) is 12.6 Å². The second-order valence-electron chi connectivity index (χ2n) is 5.12. The minimum atomic E-state index is -0.779. The molecule has 0 spiro atoms. The van der Waals surface area contributed by atoms with Gasteiger partial charge in [0.05, 0.1) is 0 Å². The van der Waals surface area contributed by atoms with Crippen molar-refractivity contribution < 1.29 is 4.74 Å². The first-order chi connectivity index (χ1) is 10.6. The maximum Gasteiger partial charge on any atom is 0.197 e. The summed E-state index contributed by atoms with van der Waals surface area (Å²) in [6, 6.07) is 15.8. The molecule has 1 heterocycles. The molecule has 3 rings (SSSR count). The van der Waals surface area contributed by atoms with E-state index in [0.29, 0.717) is 16.7 Å². The van der Waals surface area contributed by atoms with Crippen LogP contribution in [0.4, 0.5) is 5.69 Å². The molecule has 1 N–H and O–H groups in total. The Morgan fingerprint density at radius 3 is 2.64 bits per heavy atom. The van der Waals surface area contributed by atoms with Crippen molar-refractivity contribution in [2.24, 2.45) is 0 Å². The van der Waals surface area contributed by atoms with Gasteiger partial charge in [0.25, 0.3) is 0 Å². The number of ether oxygens (including phenoxy) is 1. The Morgan fingerprint density at radius 1 is 1.23 bits per heavy atom. The highest BCUT2D eigenvalue weighted by atomic mass is 35.5. The maximum absolute atomic E-state index is 6.26. The van der Waals surface area contributed by atoms with E-state index in [-0.39, 0.29) is 0 Å². The lowest BCUT2D eigenvalue weighted by atomic mass is 9.90. The van der Waals surface area contributed by atoms with Gasteiger partial charge in [0, 0.05) is 35.5 Å². The number of rotatable bonds is 3. The quantitative estimate of drug-likeness (QED) is 0.850. The van der Waals surface area contributed by atoms with E-state index >= 15 is 0 Å². The molecule has 3 nitrogen and oxygen atoms in total. The SMILES string of the molecule is CCOC1(c2ccccc2)c2cc(Cl)ccc2NC(=S)N1C. The van der Waals surface area contributed by atoms with E-state index in [2.05, 4.69) is 5.32 Å². The fourth-order valence-corrected chi connectivity index (χ4v) is 3.32. The van der Waals surface area contributed by atoms with Gasteiger partial charge >= 0.3 is 0 Å². The van der Waals surface area contributed by atoms with Gasteiger partial charge in [0.1, 0.15) is 0 Å². The molecular weight excluding hydrogens is 316 g/mol. The summed E-state index contributed by atoms with van der Waals surface area (Å²) in [7, 11) is 1.93. The van der Waals surface area contributed by atoms with Crippen LogP contribution in [0.25, 0.3) is 0 Å². The third-order valence-electron chi connectivity index (χ3n) is 3.88. The van der Waals surface area contributed by atoms with Crippen LogP contribution in [0.1, 0.15) is 18.1 Å². The van der Waals surface area contributed by atoms with Crippen molar-refractivity contribution in [3.63, 3.8) is 0 Å². The fourth-order valence-electron chi connectivity index (χ4n) is 2.91. The van der Waals surface area contributed by atoms with Crippen molar-refractivity contribution in [2.75, 3.05) is 19.0 Å². The van der Waals surface area contributed by atoms with Crippen molar-refractivity contribution >= 4 is 34.6 Å². The lowest BCUT2D eigenvalue weighted by molar-refractivity contribution is -0.0895. The van der Waals surface area contributed by atoms with E-state index in [0.717, 1.165) is 16.8 Å². The van der Waals surface area contributed by atoms with Crippen LogP contribution in [0.5, 0.6) is 0 Å². The number of hydrogen-bond donors (Lipinski definition) is 1. The summed E-state index contributed by atoms with van der Waals surface area (Å²) in [5, 5.41) is 4.52. The number of nitrogens with zero attached hydrogens (tertiary/aromatic N) is 1. The Hall–Kier alpha value is -1.62. The highest BCUT2D eigenvalue weighted by Gasteiger charge is 2.45. The average molecular weight is 333 g/mol. The fraction of sp³-hybridized carbons (Fsp3) is 0.235. The van der Waals surface area contributed by atoms with E-state index in [1.165, 1.54) is 0 Å². The molecule has 0 aromatic heterocycles. The van der Waals surface area contributed by atoms with Crippen molar-refractivity contribution in [3.05, 3.63) is 64.7 Å². The first-order valence-electron chi connectivity index (χ1n) is 7.14. The number of halogens is 1. The second-order valence-corrected chi connectivity index (χ2v) is 5.95. The number of anilines is 1. The molecule has 22 heavy (non-hydrogen) atoms. The van der Waals surface area contributed by atoms with Gasteiger partial charge in [-0.2, -0.15) is 0 Å². The van der Waals surface area contributed by atoms with Crippen LogP contribution in [-0.4, -0.2) is 23.7 Å². The standard InChI is InChI=1S/C17H17ClN2OS/c1-3-21-17(12-7-5-4-6-8-12)14-11-13(18)9-10-15(14)19-16(22)20(17)2/h4-11H,3H2,1-2H3,(H,19,22). The summed E-state index contributed by atoms with van der Waals surface area (Å²) >= 11 is 11.7. The molecule has 114 valence electrons. The normalized spacial score (nSPS) is 20.5.